The normalized spacial score (nSPS) is 18.6. The lowest BCUT2D eigenvalue weighted by atomic mass is 9.80. The van der Waals surface area contributed by atoms with Crippen molar-refractivity contribution in [1.29, 1.82) is 0 Å². The number of nitrogens with zero attached hydrogens (tertiary/aromatic N) is 2. The molecule has 0 amide bonds. The Bertz CT molecular complexity index is 1210. The summed E-state index contributed by atoms with van der Waals surface area (Å²) >= 11 is 6.11. The summed E-state index contributed by atoms with van der Waals surface area (Å²) in [4.78, 5) is 9.93. The zero-order chi connectivity index (χ0) is 19.1. The van der Waals surface area contributed by atoms with E-state index in [4.69, 9.17) is 16.6 Å². The number of hydrogen-bond acceptors (Lipinski definition) is 2. The van der Waals surface area contributed by atoms with Crippen molar-refractivity contribution in [2.24, 2.45) is 4.99 Å². The molecule has 1 unspecified atom stereocenters. The quantitative estimate of drug-likeness (QED) is 0.405. The van der Waals surface area contributed by atoms with Gasteiger partial charge in [-0.25, -0.2) is 0 Å². The molecule has 1 aliphatic rings. The Hall–Kier alpha value is -2.97. The molecule has 2 nitrogen and oxygen atoms in total. The van der Waals surface area contributed by atoms with Gasteiger partial charge in [0.15, 0.2) is 0 Å². The third-order valence-corrected chi connectivity index (χ3v) is 5.75. The number of aromatic nitrogens is 1. The predicted octanol–water partition coefficient (Wildman–Crippen LogP) is 6.20. The van der Waals surface area contributed by atoms with Crippen molar-refractivity contribution in [2.45, 2.75) is 18.9 Å². The maximum atomic E-state index is 6.11. The fraction of sp³-hybridized carbons (Fsp3) is 0.120. The van der Waals surface area contributed by atoms with Crippen LogP contribution in [0.2, 0.25) is 5.02 Å². The maximum absolute atomic E-state index is 6.11. The lowest BCUT2D eigenvalue weighted by molar-refractivity contribution is 0.488. The van der Waals surface area contributed by atoms with E-state index in [-0.39, 0.29) is 5.54 Å². The number of fused-ring (bicyclic) bond motifs is 2. The van der Waals surface area contributed by atoms with Gasteiger partial charge in [-0.15, -0.1) is 0 Å². The monoisotopic (exact) mass is 382 g/mol. The Kier molecular flexibility index (Phi) is 4.03. The molecule has 136 valence electrons. The summed E-state index contributed by atoms with van der Waals surface area (Å²) in [6.07, 6.45) is 2.79. The molecule has 0 aliphatic carbocycles. The minimum absolute atomic E-state index is 0.347. The SMILES string of the molecule is CC1(c2ccc(Cl)cc2)Cc2ccccc2C(c2cnc3ccccc3c2)=N1. The van der Waals surface area contributed by atoms with Crippen molar-refractivity contribution in [3.05, 3.63) is 112 Å². The van der Waals surface area contributed by atoms with Crippen LogP contribution >= 0.6 is 11.6 Å². The molecule has 0 bridgehead atoms. The van der Waals surface area contributed by atoms with Crippen LogP contribution in [0.1, 0.15) is 29.2 Å². The first-order chi connectivity index (χ1) is 13.6. The van der Waals surface area contributed by atoms with Crippen LogP contribution in [0.25, 0.3) is 10.9 Å². The highest BCUT2D eigenvalue weighted by Gasteiger charge is 2.33. The van der Waals surface area contributed by atoms with Crippen molar-refractivity contribution in [2.75, 3.05) is 0 Å². The highest BCUT2D eigenvalue weighted by molar-refractivity contribution is 6.30. The Morgan fingerprint density at radius 3 is 2.50 bits per heavy atom. The average molecular weight is 383 g/mol. The summed E-state index contributed by atoms with van der Waals surface area (Å²) < 4.78 is 0. The topological polar surface area (TPSA) is 25.2 Å². The molecule has 28 heavy (non-hydrogen) atoms. The van der Waals surface area contributed by atoms with Crippen molar-refractivity contribution < 1.29 is 0 Å². The van der Waals surface area contributed by atoms with Gasteiger partial charge in [0.2, 0.25) is 0 Å². The molecule has 0 saturated carbocycles. The standard InChI is InChI=1S/C25H19ClN2/c1-25(20-10-12-21(26)13-11-20)15-18-7-2-4-8-22(18)24(28-25)19-14-17-6-3-5-9-23(17)27-16-19/h2-14,16H,15H2,1H3. The lowest BCUT2D eigenvalue weighted by Gasteiger charge is -2.33. The van der Waals surface area contributed by atoms with Crippen LogP contribution in [-0.2, 0) is 12.0 Å². The average Bonchev–Trinajstić information content (AvgIpc) is 2.73. The summed E-state index contributed by atoms with van der Waals surface area (Å²) in [5.74, 6) is 0. The maximum Gasteiger partial charge on any atom is 0.0876 e. The van der Waals surface area contributed by atoms with Crippen LogP contribution in [0.3, 0.4) is 0 Å². The molecular weight excluding hydrogens is 364 g/mol. The van der Waals surface area contributed by atoms with E-state index in [2.05, 4.69) is 60.4 Å². The van der Waals surface area contributed by atoms with Gasteiger partial charge in [-0.05, 0) is 42.3 Å². The summed E-state index contributed by atoms with van der Waals surface area (Å²) in [6, 6.07) is 27.0. The molecule has 0 spiro atoms. The second kappa shape index (κ2) is 6.57. The van der Waals surface area contributed by atoms with Gasteiger partial charge in [-0.2, -0.15) is 0 Å². The summed E-state index contributed by atoms with van der Waals surface area (Å²) in [6.45, 7) is 2.20. The number of rotatable bonds is 2. The fourth-order valence-electron chi connectivity index (χ4n) is 4.02. The van der Waals surface area contributed by atoms with E-state index in [0.717, 1.165) is 39.2 Å². The van der Waals surface area contributed by atoms with E-state index >= 15 is 0 Å². The molecule has 2 heterocycles. The molecule has 0 radical (unpaired) electrons. The van der Waals surface area contributed by atoms with Crippen molar-refractivity contribution in [3.8, 4) is 0 Å². The molecule has 1 aliphatic heterocycles. The summed E-state index contributed by atoms with van der Waals surface area (Å²) in [5, 5.41) is 1.87. The fourth-order valence-corrected chi connectivity index (χ4v) is 4.14. The van der Waals surface area contributed by atoms with Crippen molar-refractivity contribution in [1.82, 2.24) is 4.98 Å². The number of aliphatic imine (C=N–C) groups is 1. The van der Waals surface area contributed by atoms with Crippen LogP contribution in [-0.4, -0.2) is 10.7 Å². The Balaban J connectivity index is 1.71. The van der Waals surface area contributed by atoms with Crippen LogP contribution in [0, 0.1) is 0 Å². The van der Waals surface area contributed by atoms with E-state index in [9.17, 15) is 0 Å². The van der Waals surface area contributed by atoms with E-state index in [0.29, 0.717) is 0 Å². The smallest absolute Gasteiger partial charge is 0.0876 e. The number of halogens is 1. The van der Waals surface area contributed by atoms with Gasteiger partial charge in [-0.1, -0.05) is 66.2 Å². The minimum Gasteiger partial charge on any atom is -0.273 e. The van der Waals surface area contributed by atoms with E-state index in [1.54, 1.807) is 0 Å². The van der Waals surface area contributed by atoms with Gasteiger partial charge in [-0.3, -0.25) is 9.98 Å². The molecule has 4 aromatic rings. The molecule has 3 heteroatoms. The van der Waals surface area contributed by atoms with Gasteiger partial charge in [0, 0.05) is 34.2 Å². The minimum atomic E-state index is -0.347. The van der Waals surface area contributed by atoms with Crippen LogP contribution in [0.15, 0.2) is 90.1 Å². The molecule has 1 atom stereocenters. The number of benzene rings is 3. The molecule has 3 aromatic carbocycles. The third-order valence-electron chi connectivity index (χ3n) is 5.50. The summed E-state index contributed by atoms with van der Waals surface area (Å²) in [7, 11) is 0. The predicted molar refractivity (Wildman–Crippen MR) is 116 cm³/mol. The largest absolute Gasteiger partial charge is 0.273 e. The Morgan fingerprint density at radius 1 is 0.893 bits per heavy atom. The van der Waals surface area contributed by atoms with Crippen LogP contribution in [0.5, 0.6) is 0 Å². The van der Waals surface area contributed by atoms with Crippen LogP contribution in [0.4, 0.5) is 0 Å². The number of pyridine rings is 1. The first-order valence-electron chi connectivity index (χ1n) is 9.42. The Morgan fingerprint density at radius 2 is 1.64 bits per heavy atom. The number of hydrogen-bond donors (Lipinski definition) is 0. The number of para-hydroxylation sites is 1. The zero-order valence-electron chi connectivity index (χ0n) is 15.6. The highest BCUT2D eigenvalue weighted by Crippen LogP contribution is 2.37. The molecular formula is C25H19ClN2. The Labute approximate surface area is 169 Å². The van der Waals surface area contributed by atoms with E-state index in [1.807, 2.05) is 36.5 Å². The van der Waals surface area contributed by atoms with Gasteiger partial charge in [0.05, 0.1) is 16.8 Å². The van der Waals surface area contributed by atoms with E-state index < -0.39 is 0 Å². The molecule has 0 fully saturated rings. The molecule has 0 N–H and O–H groups in total. The second-order valence-electron chi connectivity index (χ2n) is 7.49. The first kappa shape index (κ1) is 17.2. The molecule has 1 aromatic heterocycles. The van der Waals surface area contributed by atoms with Crippen molar-refractivity contribution >= 4 is 28.2 Å². The van der Waals surface area contributed by atoms with Gasteiger partial charge < -0.3 is 0 Å². The highest BCUT2D eigenvalue weighted by atomic mass is 35.5. The second-order valence-corrected chi connectivity index (χ2v) is 7.93. The van der Waals surface area contributed by atoms with Gasteiger partial charge >= 0.3 is 0 Å². The zero-order valence-corrected chi connectivity index (χ0v) is 16.3. The summed E-state index contributed by atoms with van der Waals surface area (Å²) in [5.41, 5.74) is 6.35. The van der Waals surface area contributed by atoms with Gasteiger partial charge in [0.1, 0.15) is 0 Å². The molecule has 5 rings (SSSR count). The van der Waals surface area contributed by atoms with Gasteiger partial charge in [0.25, 0.3) is 0 Å². The van der Waals surface area contributed by atoms with Crippen molar-refractivity contribution in [3.63, 3.8) is 0 Å². The molecule has 0 saturated heterocycles. The van der Waals surface area contributed by atoms with E-state index in [1.165, 1.54) is 11.1 Å². The first-order valence-corrected chi connectivity index (χ1v) is 9.80. The lowest BCUT2D eigenvalue weighted by Crippen LogP contribution is -2.30. The third kappa shape index (κ3) is 2.90. The van der Waals surface area contributed by atoms with Crippen LogP contribution < -0.4 is 0 Å².